The van der Waals surface area contributed by atoms with Gasteiger partial charge in [-0.3, -0.25) is 4.99 Å². The molecule has 1 unspecified atom stereocenters. The Balaban J connectivity index is 0.00000341. The zero-order valence-corrected chi connectivity index (χ0v) is 21.5. The lowest BCUT2D eigenvalue weighted by molar-refractivity contribution is 0.0355. The third kappa shape index (κ3) is 8.25. The second-order valence-corrected chi connectivity index (χ2v) is 8.33. The summed E-state index contributed by atoms with van der Waals surface area (Å²) in [6.45, 7) is 5.39. The van der Waals surface area contributed by atoms with Crippen molar-refractivity contribution in [3.8, 4) is 0 Å². The van der Waals surface area contributed by atoms with Crippen LogP contribution in [0.25, 0.3) is 0 Å². The van der Waals surface area contributed by atoms with E-state index in [0.717, 1.165) is 56.5 Å². The Morgan fingerprint density at radius 3 is 2.39 bits per heavy atom. The Kier molecular flexibility index (Phi) is 11.1. The number of nitrogens with zero attached hydrogens (tertiary/aromatic N) is 1. The van der Waals surface area contributed by atoms with Gasteiger partial charge in [0.05, 0.1) is 0 Å². The molecular formula is C24H34ClIN4O. The van der Waals surface area contributed by atoms with Crippen LogP contribution in [0.3, 0.4) is 0 Å². The highest BCUT2D eigenvalue weighted by Crippen LogP contribution is 2.25. The molecule has 0 bridgehead atoms. The standard InChI is InChI=1S/C24H33ClN4O.HI/c1-19(21-6-4-3-5-7-21)29-24(13-16-30-17-14-24)18-28-23(26-2)27-15-12-20-8-10-22(25)11-9-20;/h3-11,19,29H,12-18H2,1-2H3,(H2,26,27,28);1H. The first-order chi connectivity index (χ1) is 14.6. The first kappa shape index (κ1) is 25.9. The molecule has 5 nitrogen and oxygen atoms in total. The normalized spacial score (nSPS) is 16.8. The highest BCUT2D eigenvalue weighted by molar-refractivity contribution is 14.0. The van der Waals surface area contributed by atoms with Crippen LogP contribution < -0.4 is 16.0 Å². The summed E-state index contributed by atoms with van der Waals surface area (Å²) >= 11 is 5.96. The van der Waals surface area contributed by atoms with E-state index in [1.807, 2.05) is 19.2 Å². The Morgan fingerprint density at radius 1 is 1.06 bits per heavy atom. The van der Waals surface area contributed by atoms with Crippen molar-refractivity contribution in [3.05, 3.63) is 70.7 Å². The monoisotopic (exact) mass is 556 g/mol. The van der Waals surface area contributed by atoms with Gasteiger partial charge in [-0.2, -0.15) is 0 Å². The zero-order chi connectivity index (χ0) is 21.2. The molecule has 0 radical (unpaired) electrons. The number of nitrogens with one attached hydrogen (secondary N) is 3. The van der Waals surface area contributed by atoms with E-state index in [1.165, 1.54) is 11.1 Å². The van der Waals surface area contributed by atoms with Crippen LogP contribution in [0.1, 0.15) is 36.9 Å². The molecular weight excluding hydrogens is 523 g/mol. The van der Waals surface area contributed by atoms with Gasteiger partial charge in [-0.1, -0.05) is 54.1 Å². The molecule has 1 aliphatic heterocycles. The van der Waals surface area contributed by atoms with Gasteiger partial charge >= 0.3 is 0 Å². The molecule has 1 aliphatic rings. The van der Waals surface area contributed by atoms with Crippen LogP contribution >= 0.6 is 35.6 Å². The molecule has 0 spiro atoms. The number of guanidine groups is 1. The van der Waals surface area contributed by atoms with Gasteiger partial charge in [0.1, 0.15) is 0 Å². The maximum atomic E-state index is 5.96. The molecule has 3 N–H and O–H groups in total. The smallest absolute Gasteiger partial charge is 0.191 e. The molecule has 31 heavy (non-hydrogen) atoms. The summed E-state index contributed by atoms with van der Waals surface area (Å²) in [4.78, 5) is 4.40. The summed E-state index contributed by atoms with van der Waals surface area (Å²) in [6.07, 6.45) is 2.86. The summed E-state index contributed by atoms with van der Waals surface area (Å²) < 4.78 is 5.64. The maximum Gasteiger partial charge on any atom is 0.191 e. The average Bonchev–Trinajstić information content (AvgIpc) is 2.78. The fraction of sp³-hybridized carbons (Fsp3) is 0.458. The molecule has 2 aromatic carbocycles. The number of benzene rings is 2. The first-order valence-corrected chi connectivity index (χ1v) is 11.1. The van der Waals surface area contributed by atoms with Crippen molar-refractivity contribution in [2.75, 3.05) is 33.4 Å². The van der Waals surface area contributed by atoms with E-state index >= 15 is 0 Å². The van der Waals surface area contributed by atoms with E-state index in [1.54, 1.807) is 0 Å². The molecule has 2 aromatic rings. The first-order valence-electron chi connectivity index (χ1n) is 10.7. The molecule has 1 atom stereocenters. The molecule has 0 saturated carbocycles. The SMILES string of the molecule is CN=C(NCCc1ccc(Cl)cc1)NCC1(NC(C)c2ccccc2)CCOCC1.I. The Labute approximate surface area is 208 Å². The number of aliphatic imine (C=N–C) groups is 1. The minimum absolute atomic E-state index is 0. The fourth-order valence-corrected chi connectivity index (χ4v) is 3.99. The average molecular weight is 557 g/mol. The zero-order valence-electron chi connectivity index (χ0n) is 18.4. The number of halogens is 2. The van der Waals surface area contributed by atoms with E-state index in [-0.39, 0.29) is 35.6 Å². The van der Waals surface area contributed by atoms with Crippen molar-refractivity contribution in [1.82, 2.24) is 16.0 Å². The van der Waals surface area contributed by atoms with Crippen molar-refractivity contribution >= 4 is 41.5 Å². The van der Waals surface area contributed by atoms with Gasteiger partial charge in [0.25, 0.3) is 0 Å². The van der Waals surface area contributed by atoms with E-state index in [0.29, 0.717) is 0 Å². The molecule has 0 amide bonds. The Morgan fingerprint density at radius 2 is 1.74 bits per heavy atom. The van der Waals surface area contributed by atoms with Crippen molar-refractivity contribution in [3.63, 3.8) is 0 Å². The molecule has 1 fully saturated rings. The number of hydrogen-bond acceptors (Lipinski definition) is 3. The van der Waals surface area contributed by atoms with Crippen molar-refractivity contribution in [1.29, 1.82) is 0 Å². The Hall–Kier alpha value is -1.35. The van der Waals surface area contributed by atoms with Crippen LogP contribution in [0.4, 0.5) is 0 Å². The third-order valence-electron chi connectivity index (χ3n) is 5.71. The van der Waals surface area contributed by atoms with Gasteiger partial charge in [-0.15, -0.1) is 24.0 Å². The molecule has 0 aromatic heterocycles. The van der Waals surface area contributed by atoms with Crippen LogP contribution in [-0.2, 0) is 11.2 Å². The predicted molar refractivity (Wildman–Crippen MR) is 141 cm³/mol. The number of rotatable bonds is 8. The molecule has 170 valence electrons. The van der Waals surface area contributed by atoms with Crippen molar-refractivity contribution < 1.29 is 4.74 Å². The number of ether oxygens (including phenoxy) is 1. The van der Waals surface area contributed by atoms with E-state index in [2.05, 4.69) is 70.3 Å². The maximum absolute atomic E-state index is 5.96. The molecule has 3 rings (SSSR count). The highest BCUT2D eigenvalue weighted by atomic mass is 127. The fourth-order valence-electron chi connectivity index (χ4n) is 3.87. The van der Waals surface area contributed by atoms with Gasteiger partial charge in [0, 0.05) is 50.0 Å². The van der Waals surface area contributed by atoms with Gasteiger partial charge in [0.2, 0.25) is 0 Å². The summed E-state index contributed by atoms with van der Waals surface area (Å²) in [5, 5.41) is 11.6. The van der Waals surface area contributed by atoms with Gasteiger partial charge in [-0.05, 0) is 49.4 Å². The summed E-state index contributed by atoms with van der Waals surface area (Å²) in [5.41, 5.74) is 2.52. The van der Waals surface area contributed by atoms with E-state index in [4.69, 9.17) is 16.3 Å². The van der Waals surface area contributed by atoms with Gasteiger partial charge in [0.15, 0.2) is 5.96 Å². The minimum Gasteiger partial charge on any atom is -0.381 e. The lowest BCUT2D eigenvalue weighted by Gasteiger charge is -2.41. The molecule has 7 heteroatoms. The van der Waals surface area contributed by atoms with Crippen molar-refractivity contribution in [2.24, 2.45) is 4.99 Å². The van der Waals surface area contributed by atoms with Gasteiger partial charge < -0.3 is 20.7 Å². The van der Waals surface area contributed by atoms with Crippen LogP contribution in [0.15, 0.2) is 59.6 Å². The third-order valence-corrected chi connectivity index (χ3v) is 5.96. The van der Waals surface area contributed by atoms with Crippen LogP contribution in [-0.4, -0.2) is 44.8 Å². The Bertz CT molecular complexity index is 795. The topological polar surface area (TPSA) is 57.7 Å². The van der Waals surface area contributed by atoms with Crippen LogP contribution in [0, 0.1) is 0 Å². The van der Waals surface area contributed by atoms with Crippen molar-refractivity contribution in [2.45, 2.75) is 37.8 Å². The van der Waals surface area contributed by atoms with Crippen LogP contribution in [0.5, 0.6) is 0 Å². The predicted octanol–water partition coefficient (Wildman–Crippen LogP) is 4.57. The lowest BCUT2D eigenvalue weighted by atomic mass is 9.88. The van der Waals surface area contributed by atoms with E-state index in [9.17, 15) is 0 Å². The largest absolute Gasteiger partial charge is 0.381 e. The molecule has 1 heterocycles. The minimum atomic E-state index is -0.0265. The summed E-state index contributed by atoms with van der Waals surface area (Å²) in [6, 6.07) is 18.8. The summed E-state index contributed by atoms with van der Waals surface area (Å²) in [5.74, 6) is 0.823. The molecule has 0 aliphatic carbocycles. The quantitative estimate of drug-likeness (QED) is 0.253. The second-order valence-electron chi connectivity index (χ2n) is 7.90. The number of hydrogen-bond donors (Lipinski definition) is 3. The van der Waals surface area contributed by atoms with E-state index < -0.39 is 0 Å². The molecule has 1 saturated heterocycles. The highest BCUT2D eigenvalue weighted by Gasteiger charge is 2.34. The lowest BCUT2D eigenvalue weighted by Crippen LogP contribution is -2.58. The van der Waals surface area contributed by atoms with Gasteiger partial charge in [-0.25, -0.2) is 0 Å². The second kappa shape index (κ2) is 13.3. The summed E-state index contributed by atoms with van der Waals surface area (Å²) in [7, 11) is 1.81. The van der Waals surface area contributed by atoms with Crippen LogP contribution in [0.2, 0.25) is 5.02 Å².